The number of benzene rings is 2. The van der Waals surface area contributed by atoms with Gasteiger partial charge in [0.2, 0.25) is 0 Å². The first-order chi connectivity index (χ1) is 11.4. The molecule has 0 aliphatic carbocycles. The van der Waals surface area contributed by atoms with Crippen LogP contribution in [0.5, 0.6) is 0 Å². The van der Waals surface area contributed by atoms with E-state index in [9.17, 15) is 14.0 Å². The number of hydrogen-bond donors (Lipinski definition) is 2. The molecule has 0 aliphatic rings. The number of halogens is 2. The highest BCUT2D eigenvalue weighted by molar-refractivity contribution is 6.41. The lowest BCUT2D eigenvalue weighted by molar-refractivity contribution is -0.136. The molecule has 0 unspecified atom stereocenters. The van der Waals surface area contributed by atoms with E-state index < -0.39 is 11.8 Å². The maximum Gasteiger partial charge on any atom is 0.313 e. The van der Waals surface area contributed by atoms with Gasteiger partial charge in [0.1, 0.15) is 5.82 Å². The van der Waals surface area contributed by atoms with Crippen molar-refractivity contribution in [2.24, 2.45) is 0 Å². The van der Waals surface area contributed by atoms with Crippen molar-refractivity contribution in [2.75, 3.05) is 11.9 Å². The minimum absolute atomic E-state index is 0.276. The lowest BCUT2D eigenvalue weighted by atomic mass is 10.1. The summed E-state index contributed by atoms with van der Waals surface area (Å²) < 4.78 is 12.8. The topological polar surface area (TPSA) is 58.2 Å². The summed E-state index contributed by atoms with van der Waals surface area (Å²) in [6.45, 7) is 3.98. The number of carbonyl (C=O) groups excluding carboxylic acids is 2. The Hall–Kier alpha value is -2.40. The molecule has 24 heavy (non-hydrogen) atoms. The Bertz CT molecular complexity index is 737. The van der Waals surface area contributed by atoms with Crippen LogP contribution in [0.3, 0.4) is 0 Å². The molecule has 126 valence electrons. The second-order valence-corrected chi connectivity index (χ2v) is 5.93. The maximum atomic E-state index is 12.8. The van der Waals surface area contributed by atoms with Crippen molar-refractivity contribution in [1.82, 2.24) is 5.32 Å². The van der Waals surface area contributed by atoms with Crippen molar-refractivity contribution >= 4 is 29.1 Å². The fourth-order valence-corrected chi connectivity index (χ4v) is 2.66. The van der Waals surface area contributed by atoms with Crippen LogP contribution >= 0.6 is 11.6 Å². The Kier molecular flexibility index (Phi) is 5.93. The predicted octanol–water partition coefficient (Wildman–Crippen LogP) is 3.39. The molecule has 2 amide bonds. The Morgan fingerprint density at radius 3 is 2.38 bits per heavy atom. The van der Waals surface area contributed by atoms with Gasteiger partial charge in [-0.2, -0.15) is 0 Å². The molecule has 0 aliphatic heterocycles. The molecule has 0 saturated carbocycles. The minimum atomic E-state index is -0.775. The molecule has 0 aromatic heterocycles. The third-order valence-electron chi connectivity index (χ3n) is 3.49. The molecule has 0 spiro atoms. The summed E-state index contributed by atoms with van der Waals surface area (Å²) in [6.07, 6.45) is 0.504. The lowest BCUT2D eigenvalue weighted by Crippen LogP contribution is -2.36. The quantitative estimate of drug-likeness (QED) is 0.832. The molecule has 2 N–H and O–H groups in total. The Morgan fingerprint density at radius 1 is 1.08 bits per heavy atom. The SMILES string of the molecule is Cc1cc(C)c(NC(=O)C(=O)NCCc2ccc(F)cc2)c(Cl)c1. The van der Waals surface area contributed by atoms with Crippen LogP contribution in [-0.2, 0) is 16.0 Å². The van der Waals surface area contributed by atoms with Gasteiger partial charge in [-0.25, -0.2) is 4.39 Å². The predicted molar refractivity (Wildman–Crippen MR) is 92.7 cm³/mol. The first-order valence-corrected chi connectivity index (χ1v) is 7.85. The van der Waals surface area contributed by atoms with Gasteiger partial charge in [0.05, 0.1) is 10.7 Å². The zero-order valence-electron chi connectivity index (χ0n) is 13.5. The summed E-state index contributed by atoms with van der Waals surface area (Å²) in [5.41, 5.74) is 3.06. The highest BCUT2D eigenvalue weighted by Gasteiger charge is 2.16. The summed E-state index contributed by atoms with van der Waals surface area (Å²) in [4.78, 5) is 23.8. The van der Waals surface area contributed by atoms with Gasteiger partial charge in [0, 0.05) is 6.54 Å². The average Bonchev–Trinajstić information content (AvgIpc) is 2.52. The zero-order valence-corrected chi connectivity index (χ0v) is 14.2. The Labute approximate surface area is 145 Å². The van der Waals surface area contributed by atoms with Crippen molar-refractivity contribution in [3.63, 3.8) is 0 Å². The molecule has 0 saturated heterocycles. The summed E-state index contributed by atoms with van der Waals surface area (Å²) in [5, 5.41) is 5.45. The van der Waals surface area contributed by atoms with Crippen LogP contribution in [0.25, 0.3) is 0 Å². The monoisotopic (exact) mass is 348 g/mol. The second-order valence-electron chi connectivity index (χ2n) is 5.53. The molecule has 4 nitrogen and oxygen atoms in total. The van der Waals surface area contributed by atoms with Crippen molar-refractivity contribution in [3.05, 3.63) is 63.9 Å². The van der Waals surface area contributed by atoms with Crippen LogP contribution in [-0.4, -0.2) is 18.4 Å². The number of nitrogens with one attached hydrogen (secondary N) is 2. The first kappa shape index (κ1) is 17.9. The van der Waals surface area contributed by atoms with E-state index in [4.69, 9.17) is 11.6 Å². The molecule has 2 rings (SSSR count). The van der Waals surface area contributed by atoms with Crippen molar-refractivity contribution < 1.29 is 14.0 Å². The highest BCUT2D eigenvalue weighted by Crippen LogP contribution is 2.27. The van der Waals surface area contributed by atoms with Gasteiger partial charge in [-0.15, -0.1) is 0 Å². The number of rotatable bonds is 4. The van der Waals surface area contributed by atoms with Gasteiger partial charge in [-0.1, -0.05) is 29.8 Å². The van der Waals surface area contributed by atoms with Gasteiger partial charge in [-0.05, 0) is 55.2 Å². The molecule has 0 radical (unpaired) electrons. The van der Waals surface area contributed by atoms with Crippen LogP contribution in [0.4, 0.5) is 10.1 Å². The van der Waals surface area contributed by atoms with E-state index in [1.165, 1.54) is 12.1 Å². The third kappa shape index (κ3) is 4.80. The molecular weight excluding hydrogens is 331 g/mol. The number of hydrogen-bond acceptors (Lipinski definition) is 2. The van der Waals surface area contributed by atoms with E-state index in [0.29, 0.717) is 17.1 Å². The fraction of sp³-hybridized carbons (Fsp3) is 0.222. The van der Waals surface area contributed by atoms with Crippen molar-refractivity contribution in [2.45, 2.75) is 20.3 Å². The van der Waals surface area contributed by atoms with Gasteiger partial charge >= 0.3 is 11.8 Å². The van der Waals surface area contributed by atoms with E-state index in [-0.39, 0.29) is 12.4 Å². The normalized spacial score (nSPS) is 10.3. The van der Waals surface area contributed by atoms with Gasteiger partial charge in [0.25, 0.3) is 0 Å². The van der Waals surface area contributed by atoms with E-state index >= 15 is 0 Å². The second kappa shape index (κ2) is 7.93. The molecular formula is C18H18ClFN2O2. The van der Waals surface area contributed by atoms with Crippen LogP contribution in [0.1, 0.15) is 16.7 Å². The standard InChI is InChI=1S/C18H18ClFN2O2/c1-11-9-12(2)16(15(19)10-11)22-18(24)17(23)21-8-7-13-3-5-14(20)6-4-13/h3-6,9-10H,7-8H2,1-2H3,(H,21,23)(H,22,24). The minimum Gasteiger partial charge on any atom is -0.347 e. The number of amides is 2. The lowest BCUT2D eigenvalue weighted by Gasteiger charge is -2.11. The van der Waals surface area contributed by atoms with E-state index in [0.717, 1.165) is 16.7 Å². The summed E-state index contributed by atoms with van der Waals surface area (Å²) >= 11 is 6.10. The molecule has 0 bridgehead atoms. The van der Waals surface area contributed by atoms with Gasteiger partial charge in [-0.3, -0.25) is 9.59 Å². The fourth-order valence-electron chi connectivity index (χ4n) is 2.30. The van der Waals surface area contributed by atoms with E-state index in [1.54, 1.807) is 25.1 Å². The smallest absolute Gasteiger partial charge is 0.313 e. The van der Waals surface area contributed by atoms with E-state index in [2.05, 4.69) is 10.6 Å². The van der Waals surface area contributed by atoms with Gasteiger partial charge < -0.3 is 10.6 Å². The average molecular weight is 349 g/mol. The Balaban J connectivity index is 1.88. The summed E-state index contributed by atoms with van der Waals surface area (Å²) in [5.74, 6) is -1.83. The first-order valence-electron chi connectivity index (χ1n) is 7.47. The molecule has 0 heterocycles. The van der Waals surface area contributed by atoms with Crippen LogP contribution < -0.4 is 10.6 Å². The van der Waals surface area contributed by atoms with Crippen molar-refractivity contribution in [3.8, 4) is 0 Å². The highest BCUT2D eigenvalue weighted by atomic mass is 35.5. The molecule has 0 atom stereocenters. The van der Waals surface area contributed by atoms with E-state index in [1.807, 2.05) is 13.0 Å². The number of anilines is 1. The van der Waals surface area contributed by atoms with Crippen LogP contribution in [0.15, 0.2) is 36.4 Å². The Morgan fingerprint density at radius 2 is 1.75 bits per heavy atom. The zero-order chi connectivity index (χ0) is 17.7. The summed E-state index contributed by atoms with van der Waals surface area (Å²) in [6, 6.07) is 9.57. The maximum absolute atomic E-state index is 12.8. The van der Waals surface area contributed by atoms with Crippen LogP contribution in [0, 0.1) is 19.7 Å². The number of carbonyl (C=O) groups is 2. The largest absolute Gasteiger partial charge is 0.347 e. The molecule has 6 heteroatoms. The van der Waals surface area contributed by atoms with Crippen molar-refractivity contribution in [1.29, 1.82) is 0 Å². The third-order valence-corrected chi connectivity index (χ3v) is 3.79. The van der Waals surface area contributed by atoms with Crippen LogP contribution in [0.2, 0.25) is 5.02 Å². The molecule has 2 aromatic carbocycles. The summed E-state index contributed by atoms with van der Waals surface area (Å²) in [7, 11) is 0. The number of aryl methyl sites for hydroxylation is 2. The van der Waals surface area contributed by atoms with Gasteiger partial charge in [0.15, 0.2) is 0 Å². The molecule has 0 fully saturated rings. The molecule has 2 aromatic rings.